The van der Waals surface area contributed by atoms with Crippen molar-refractivity contribution in [1.29, 1.82) is 0 Å². The Labute approximate surface area is 129 Å². The highest BCUT2D eigenvalue weighted by Gasteiger charge is 2.11. The molecule has 0 N–H and O–H groups in total. The first kappa shape index (κ1) is 15.1. The maximum absolute atomic E-state index is 5.46. The molecule has 20 heavy (non-hydrogen) atoms. The van der Waals surface area contributed by atoms with Crippen LogP contribution in [0, 0.1) is 6.92 Å². The average Bonchev–Trinajstić information content (AvgIpc) is 2.72. The van der Waals surface area contributed by atoms with Crippen LogP contribution in [0.4, 0.5) is 0 Å². The van der Waals surface area contributed by atoms with Crippen LogP contribution in [-0.2, 0) is 26.3 Å². The molecule has 0 amide bonds. The summed E-state index contributed by atoms with van der Waals surface area (Å²) in [5, 5.41) is 0. The average molecular weight is 337 g/mol. The SMILES string of the molecule is CCc1ccc(OC)c(CCc2nc(C)n(C)c2Br)c1. The molecule has 4 heteroatoms. The van der Waals surface area contributed by atoms with E-state index in [1.807, 2.05) is 14.0 Å². The summed E-state index contributed by atoms with van der Waals surface area (Å²) >= 11 is 3.61. The van der Waals surface area contributed by atoms with Crippen LogP contribution in [0.3, 0.4) is 0 Å². The third kappa shape index (κ3) is 3.06. The van der Waals surface area contributed by atoms with Gasteiger partial charge in [0.05, 0.1) is 12.8 Å². The van der Waals surface area contributed by atoms with Gasteiger partial charge in [-0.25, -0.2) is 4.98 Å². The van der Waals surface area contributed by atoms with Gasteiger partial charge in [0.25, 0.3) is 0 Å². The van der Waals surface area contributed by atoms with Gasteiger partial charge in [-0.15, -0.1) is 0 Å². The van der Waals surface area contributed by atoms with E-state index in [0.717, 1.165) is 41.1 Å². The van der Waals surface area contributed by atoms with Crippen LogP contribution in [0.2, 0.25) is 0 Å². The summed E-state index contributed by atoms with van der Waals surface area (Å²) in [6.45, 7) is 4.19. The van der Waals surface area contributed by atoms with Gasteiger partial charge in [-0.2, -0.15) is 0 Å². The van der Waals surface area contributed by atoms with E-state index in [1.54, 1.807) is 7.11 Å². The molecular formula is C16H21BrN2O. The highest BCUT2D eigenvalue weighted by Crippen LogP contribution is 2.24. The van der Waals surface area contributed by atoms with Crippen LogP contribution in [0.5, 0.6) is 5.75 Å². The summed E-state index contributed by atoms with van der Waals surface area (Å²) in [5.41, 5.74) is 3.70. The molecule has 0 aliphatic carbocycles. The fraction of sp³-hybridized carbons (Fsp3) is 0.438. The summed E-state index contributed by atoms with van der Waals surface area (Å²) in [4.78, 5) is 4.60. The molecule has 1 heterocycles. The standard InChI is InChI=1S/C16H21BrN2O/c1-5-12-6-9-15(20-4)13(10-12)7-8-14-16(17)19(3)11(2)18-14/h6,9-10H,5,7-8H2,1-4H3. The summed E-state index contributed by atoms with van der Waals surface area (Å²) < 4.78 is 8.59. The second-order valence-electron chi connectivity index (χ2n) is 4.96. The Kier molecular flexibility index (Phi) is 4.86. The van der Waals surface area contributed by atoms with Crippen LogP contribution in [0.1, 0.15) is 29.6 Å². The lowest BCUT2D eigenvalue weighted by molar-refractivity contribution is 0.409. The number of hydrogen-bond acceptors (Lipinski definition) is 2. The first-order valence-corrected chi connectivity index (χ1v) is 7.69. The third-order valence-corrected chi connectivity index (χ3v) is 4.69. The lowest BCUT2D eigenvalue weighted by Crippen LogP contribution is -1.98. The fourth-order valence-corrected chi connectivity index (χ4v) is 2.85. The minimum absolute atomic E-state index is 0.909. The lowest BCUT2D eigenvalue weighted by atomic mass is 10.0. The van der Waals surface area contributed by atoms with Gasteiger partial charge >= 0.3 is 0 Å². The van der Waals surface area contributed by atoms with Gasteiger partial charge in [0, 0.05) is 7.05 Å². The summed E-state index contributed by atoms with van der Waals surface area (Å²) in [7, 11) is 3.75. The van der Waals surface area contributed by atoms with Crippen molar-refractivity contribution in [3.63, 3.8) is 0 Å². The van der Waals surface area contributed by atoms with Crippen LogP contribution in [0.25, 0.3) is 0 Å². The van der Waals surface area contributed by atoms with Gasteiger partial charge < -0.3 is 9.30 Å². The van der Waals surface area contributed by atoms with Crippen LogP contribution < -0.4 is 4.74 Å². The number of benzene rings is 1. The molecule has 0 aliphatic rings. The van der Waals surface area contributed by atoms with Crippen molar-refractivity contribution in [2.75, 3.05) is 7.11 Å². The Morgan fingerprint density at radius 1 is 1.30 bits per heavy atom. The molecular weight excluding hydrogens is 316 g/mol. The third-order valence-electron chi connectivity index (χ3n) is 3.70. The minimum Gasteiger partial charge on any atom is -0.496 e. The van der Waals surface area contributed by atoms with Crippen molar-refractivity contribution in [3.8, 4) is 5.75 Å². The molecule has 0 radical (unpaired) electrons. The van der Waals surface area contributed by atoms with Crippen molar-refractivity contribution >= 4 is 15.9 Å². The first-order valence-electron chi connectivity index (χ1n) is 6.90. The Morgan fingerprint density at radius 2 is 2.05 bits per heavy atom. The molecule has 3 nitrogen and oxygen atoms in total. The number of rotatable bonds is 5. The Balaban J connectivity index is 2.19. The largest absolute Gasteiger partial charge is 0.496 e. The topological polar surface area (TPSA) is 27.1 Å². The zero-order valence-corrected chi connectivity index (χ0v) is 14.1. The van der Waals surface area contributed by atoms with E-state index in [2.05, 4.69) is 50.6 Å². The Morgan fingerprint density at radius 3 is 2.60 bits per heavy atom. The van der Waals surface area contributed by atoms with E-state index >= 15 is 0 Å². The van der Waals surface area contributed by atoms with Crippen molar-refractivity contribution in [3.05, 3.63) is 45.4 Å². The molecule has 1 aromatic carbocycles. The summed E-state index contributed by atoms with van der Waals surface area (Å²) in [6.07, 6.45) is 2.89. The molecule has 0 aliphatic heterocycles. The van der Waals surface area contributed by atoms with Crippen LogP contribution >= 0.6 is 15.9 Å². The maximum atomic E-state index is 5.46. The molecule has 0 atom stereocenters. The molecule has 0 fully saturated rings. The predicted molar refractivity (Wildman–Crippen MR) is 85.4 cm³/mol. The number of nitrogens with zero attached hydrogens (tertiary/aromatic N) is 2. The molecule has 2 rings (SSSR count). The number of methoxy groups -OCH3 is 1. The van der Waals surface area contributed by atoms with Crippen LogP contribution in [0.15, 0.2) is 22.8 Å². The Bertz CT molecular complexity index is 605. The van der Waals surface area contributed by atoms with E-state index in [1.165, 1.54) is 11.1 Å². The second-order valence-corrected chi connectivity index (χ2v) is 5.71. The number of imidazole rings is 1. The van der Waals surface area contributed by atoms with Crippen molar-refractivity contribution in [2.45, 2.75) is 33.1 Å². The zero-order chi connectivity index (χ0) is 14.7. The van der Waals surface area contributed by atoms with Gasteiger partial charge in [-0.3, -0.25) is 0 Å². The summed E-state index contributed by atoms with van der Waals surface area (Å²) in [5.74, 6) is 1.99. The molecule has 0 bridgehead atoms. The number of aromatic nitrogens is 2. The lowest BCUT2D eigenvalue weighted by Gasteiger charge is -2.10. The van der Waals surface area contributed by atoms with E-state index < -0.39 is 0 Å². The van der Waals surface area contributed by atoms with E-state index in [9.17, 15) is 0 Å². The normalized spacial score (nSPS) is 10.8. The zero-order valence-electron chi connectivity index (χ0n) is 12.5. The fourth-order valence-electron chi connectivity index (χ4n) is 2.31. The van der Waals surface area contributed by atoms with Gasteiger partial charge in [-0.1, -0.05) is 19.1 Å². The van der Waals surface area contributed by atoms with Crippen molar-refractivity contribution < 1.29 is 4.74 Å². The van der Waals surface area contributed by atoms with Gasteiger partial charge in [0.1, 0.15) is 16.2 Å². The number of ether oxygens (including phenoxy) is 1. The van der Waals surface area contributed by atoms with E-state index in [-0.39, 0.29) is 0 Å². The van der Waals surface area contributed by atoms with Gasteiger partial charge in [0.15, 0.2) is 0 Å². The molecule has 0 spiro atoms. The molecule has 0 saturated heterocycles. The number of halogens is 1. The van der Waals surface area contributed by atoms with Crippen molar-refractivity contribution in [1.82, 2.24) is 9.55 Å². The van der Waals surface area contributed by atoms with Gasteiger partial charge in [0.2, 0.25) is 0 Å². The Hall–Kier alpha value is -1.29. The monoisotopic (exact) mass is 336 g/mol. The molecule has 0 saturated carbocycles. The second kappa shape index (κ2) is 6.44. The summed E-state index contributed by atoms with van der Waals surface area (Å²) in [6, 6.07) is 6.43. The maximum Gasteiger partial charge on any atom is 0.122 e. The number of aryl methyl sites for hydroxylation is 4. The van der Waals surface area contributed by atoms with E-state index in [4.69, 9.17) is 4.74 Å². The number of hydrogen-bond donors (Lipinski definition) is 0. The highest BCUT2D eigenvalue weighted by molar-refractivity contribution is 9.10. The highest BCUT2D eigenvalue weighted by atomic mass is 79.9. The molecule has 2 aromatic rings. The van der Waals surface area contributed by atoms with Crippen LogP contribution in [-0.4, -0.2) is 16.7 Å². The predicted octanol–water partition coefficient (Wildman–Crippen LogP) is 3.85. The van der Waals surface area contributed by atoms with Gasteiger partial charge in [-0.05, 0) is 59.3 Å². The van der Waals surface area contributed by atoms with E-state index in [0.29, 0.717) is 0 Å². The smallest absolute Gasteiger partial charge is 0.122 e. The van der Waals surface area contributed by atoms with Crippen molar-refractivity contribution in [2.24, 2.45) is 7.05 Å². The molecule has 1 aromatic heterocycles. The minimum atomic E-state index is 0.909. The molecule has 108 valence electrons. The quantitative estimate of drug-likeness (QED) is 0.829. The molecule has 0 unspecified atom stereocenters. The first-order chi connectivity index (χ1) is 9.56.